The van der Waals surface area contributed by atoms with Crippen LogP contribution in [0.4, 0.5) is 8.78 Å². The van der Waals surface area contributed by atoms with Crippen molar-refractivity contribution < 1.29 is 18.3 Å². The van der Waals surface area contributed by atoms with E-state index in [4.69, 9.17) is 6.42 Å². The minimum absolute atomic E-state index is 0.106. The minimum atomic E-state index is -2.73. The minimum Gasteiger partial charge on any atom is -0.469 e. The highest BCUT2D eigenvalue weighted by atomic mass is 19.3. The number of rotatable bonds is 1. The SMILES string of the molecule is C#C[C@@H]1CC(F)(F)CC[C@H]1C(=O)OC. The number of halogens is 2. The smallest absolute Gasteiger partial charge is 0.309 e. The van der Waals surface area contributed by atoms with Crippen molar-refractivity contribution in [1.29, 1.82) is 0 Å². The summed E-state index contributed by atoms with van der Waals surface area (Å²) in [5.74, 6) is -2.24. The second-order valence-corrected chi connectivity index (χ2v) is 3.50. The number of methoxy groups -OCH3 is 1. The van der Waals surface area contributed by atoms with Gasteiger partial charge in [-0.15, -0.1) is 12.3 Å². The van der Waals surface area contributed by atoms with Crippen molar-refractivity contribution in [2.45, 2.75) is 25.2 Å². The summed E-state index contributed by atoms with van der Waals surface area (Å²) in [4.78, 5) is 11.2. The normalized spacial score (nSPS) is 30.4. The van der Waals surface area contributed by atoms with Gasteiger partial charge < -0.3 is 4.74 Å². The van der Waals surface area contributed by atoms with Crippen LogP contribution in [0.3, 0.4) is 0 Å². The van der Waals surface area contributed by atoms with E-state index in [1.165, 1.54) is 7.11 Å². The Hall–Kier alpha value is -1.11. The quantitative estimate of drug-likeness (QED) is 0.479. The Morgan fingerprint density at radius 3 is 2.79 bits per heavy atom. The Kier molecular flexibility index (Phi) is 3.10. The number of alkyl halides is 2. The molecule has 14 heavy (non-hydrogen) atoms. The number of ether oxygens (including phenoxy) is 1. The molecule has 0 bridgehead atoms. The molecule has 1 saturated carbocycles. The first-order valence-corrected chi connectivity index (χ1v) is 4.42. The highest BCUT2D eigenvalue weighted by Gasteiger charge is 2.43. The van der Waals surface area contributed by atoms with Crippen molar-refractivity contribution >= 4 is 5.97 Å². The second kappa shape index (κ2) is 3.95. The van der Waals surface area contributed by atoms with Crippen LogP contribution in [0.2, 0.25) is 0 Å². The lowest BCUT2D eigenvalue weighted by Crippen LogP contribution is -2.36. The molecule has 1 aliphatic rings. The van der Waals surface area contributed by atoms with Gasteiger partial charge in [-0.2, -0.15) is 0 Å². The van der Waals surface area contributed by atoms with Gasteiger partial charge in [0.05, 0.1) is 13.0 Å². The largest absolute Gasteiger partial charge is 0.469 e. The van der Waals surface area contributed by atoms with Crippen LogP contribution < -0.4 is 0 Å². The van der Waals surface area contributed by atoms with Crippen molar-refractivity contribution in [2.24, 2.45) is 11.8 Å². The van der Waals surface area contributed by atoms with Crippen molar-refractivity contribution in [1.82, 2.24) is 0 Å². The molecular weight excluding hydrogens is 190 g/mol. The summed E-state index contributed by atoms with van der Waals surface area (Å²) in [6, 6.07) is 0. The maximum atomic E-state index is 12.9. The van der Waals surface area contributed by atoms with Gasteiger partial charge >= 0.3 is 5.97 Å². The van der Waals surface area contributed by atoms with Crippen molar-refractivity contribution in [3.63, 3.8) is 0 Å². The average Bonchev–Trinajstić information content (AvgIpc) is 2.15. The van der Waals surface area contributed by atoms with Gasteiger partial charge in [0.2, 0.25) is 5.92 Å². The van der Waals surface area contributed by atoms with E-state index in [0.717, 1.165) is 0 Å². The topological polar surface area (TPSA) is 26.3 Å². The van der Waals surface area contributed by atoms with Crippen molar-refractivity contribution in [3.05, 3.63) is 0 Å². The molecule has 0 amide bonds. The molecule has 0 saturated heterocycles. The molecule has 0 radical (unpaired) electrons. The van der Waals surface area contributed by atoms with Gasteiger partial charge in [0.25, 0.3) is 0 Å². The third-order valence-electron chi connectivity index (χ3n) is 2.54. The lowest BCUT2D eigenvalue weighted by Gasteiger charge is -2.31. The zero-order valence-corrected chi connectivity index (χ0v) is 7.93. The van der Waals surface area contributed by atoms with Crippen LogP contribution in [0, 0.1) is 24.2 Å². The fraction of sp³-hybridized carbons (Fsp3) is 0.700. The van der Waals surface area contributed by atoms with Crippen LogP contribution in [0.15, 0.2) is 0 Å². The zero-order valence-electron chi connectivity index (χ0n) is 7.93. The summed E-state index contributed by atoms with van der Waals surface area (Å²) >= 11 is 0. The Morgan fingerprint density at radius 1 is 1.64 bits per heavy atom. The Balaban J connectivity index is 2.72. The first-order chi connectivity index (χ1) is 6.50. The number of carbonyl (C=O) groups is 1. The molecule has 0 spiro atoms. The van der Waals surface area contributed by atoms with E-state index in [1.807, 2.05) is 0 Å². The standard InChI is InChI=1S/C10H12F2O2/c1-3-7-6-10(11,12)5-4-8(7)9(13)14-2/h1,7-8H,4-6H2,2H3/t7-,8-/m1/s1. The molecule has 0 unspecified atom stereocenters. The summed E-state index contributed by atoms with van der Waals surface area (Å²) in [7, 11) is 1.24. The van der Waals surface area contributed by atoms with E-state index < -0.39 is 30.1 Å². The van der Waals surface area contributed by atoms with Gasteiger partial charge in [0, 0.05) is 18.8 Å². The third kappa shape index (κ3) is 2.22. The van der Waals surface area contributed by atoms with E-state index in [-0.39, 0.29) is 12.8 Å². The van der Waals surface area contributed by atoms with Gasteiger partial charge in [-0.25, -0.2) is 8.78 Å². The molecule has 1 fully saturated rings. The number of terminal acetylenes is 1. The van der Waals surface area contributed by atoms with Crippen LogP contribution in [-0.4, -0.2) is 19.0 Å². The molecule has 1 rings (SSSR count). The number of carbonyl (C=O) groups excluding carboxylic acids is 1. The van der Waals surface area contributed by atoms with Crippen LogP contribution in [0.25, 0.3) is 0 Å². The van der Waals surface area contributed by atoms with Crippen molar-refractivity contribution in [3.8, 4) is 12.3 Å². The summed E-state index contributed by atoms with van der Waals surface area (Å²) in [6.45, 7) is 0. The zero-order chi connectivity index (χ0) is 10.8. The number of esters is 1. The van der Waals surface area contributed by atoms with E-state index >= 15 is 0 Å². The van der Waals surface area contributed by atoms with Crippen molar-refractivity contribution in [2.75, 3.05) is 7.11 Å². The van der Waals surface area contributed by atoms with E-state index in [2.05, 4.69) is 10.7 Å². The molecule has 0 heterocycles. The lowest BCUT2D eigenvalue weighted by molar-refractivity contribution is -0.151. The van der Waals surface area contributed by atoms with Gasteiger partial charge in [-0.1, -0.05) is 0 Å². The molecular formula is C10H12F2O2. The third-order valence-corrected chi connectivity index (χ3v) is 2.54. The molecule has 4 heteroatoms. The Labute approximate surface area is 81.6 Å². The molecule has 0 aromatic carbocycles. The van der Waals surface area contributed by atoms with Crippen LogP contribution >= 0.6 is 0 Å². The molecule has 0 N–H and O–H groups in total. The average molecular weight is 202 g/mol. The number of hydrogen-bond donors (Lipinski definition) is 0. The van der Waals surface area contributed by atoms with E-state index in [9.17, 15) is 13.6 Å². The Morgan fingerprint density at radius 2 is 2.29 bits per heavy atom. The number of hydrogen-bond acceptors (Lipinski definition) is 2. The first-order valence-electron chi connectivity index (χ1n) is 4.42. The van der Waals surface area contributed by atoms with Gasteiger partial charge in [-0.3, -0.25) is 4.79 Å². The fourth-order valence-electron chi connectivity index (χ4n) is 1.74. The molecule has 0 aromatic heterocycles. The van der Waals surface area contributed by atoms with Gasteiger partial charge in [0.15, 0.2) is 0 Å². The molecule has 2 atom stereocenters. The van der Waals surface area contributed by atoms with Crippen LogP contribution in [0.5, 0.6) is 0 Å². The molecule has 78 valence electrons. The van der Waals surface area contributed by atoms with Gasteiger partial charge in [-0.05, 0) is 6.42 Å². The summed E-state index contributed by atoms with van der Waals surface area (Å²) in [6.07, 6.45) is 4.52. The maximum absolute atomic E-state index is 12.9. The first kappa shape index (κ1) is 11.0. The monoisotopic (exact) mass is 202 g/mol. The predicted molar refractivity (Wildman–Crippen MR) is 46.6 cm³/mol. The summed E-state index contributed by atoms with van der Waals surface area (Å²) in [5, 5.41) is 0. The van der Waals surface area contributed by atoms with E-state index in [1.54, 1.807) is 0 Å². The van der Waals surface area contributed by atoms with E-state index in [0.29, 0.717) is 0 Å². The predicted octanol–water partition coefficient (Wildman–Crippen LogP) is 1.84. The highest BCUT2D eigenvalue weighted by Crippen LogP contribution is 2.40. The second-order valence-electron chi connectivity index (χ2n) is 3.50. The summed E-state index contributed by atoms with van der Waals surface area (Å²) in [5.41, 5.74) is 0. The fourth-order valence-corrected chi connectivity index (χ4v) is 1.74. The highest BCUT2D eigenvalue weighted by molar-refractivity contribution is 5.73. The lowest BCUT2D eigenvalue weighted by atomic mass is 9.78. The molecule has 2 nitrogen and oxygen atoms in total. The maximum Gasteiger partial charge on any atom is 0.309 e. The molecule has 0 aromatic rings. The summed E-state index contributed by atoms with van der Waals surface area (Å²) < 4.78 is 30.4. The molecule has 1 aliphatic carbocycles. The van der Waals surface area contributed by atoms with Gasteiger partial charge in [0.1, 0.15) is 0 Å². The van der Waals surface area contributed by atoms with Crippen LogP contribution in [-0.2, 0) is 9.53 Å². The van der Waals surface area contributed by atoms with Crippen LogP contribution in [0.1, 0.15) is 19.3 Å². The Bertz CT molecular complexity index is 268. The molecule has 0 aliphatic heterocycles.